The quantitative estimate of drug-likeness (QED) is 0.210. The van der Waals surface area contributed by atoms with Crippen LogP contribution in [0.2, 0.25) is 0 Å². The van der Waals surface area contributed by atoms with E-state index < -0.39 is 0 Å². The van der Waals surface area contributed by atoms with Gasteiger partial charge < -0.3 is 14.8 Å². The molecule has 35 heavy (non-hydrogen) atoms. The van der Waals surface area contributed by atoms with Gasteiger partial charge in [-0.1, -0.05) is 73.3 Å². The van der Waals surface area contributed by atoms with Crippen LogP contribution in [-0.4, -0.2) is 56.2 Å². The van der Waals surface area contributed by atoms with E-state index in [1.165, 1.54) is 0 Å². The zero-order valence-electron chi connectivity index (χ0n) is 19.9. The van der Waals surface area contributed by atoms with Gasteiger partial charge in [-0.2, -0.15) is 0 Å². The number of nitrogens with zero attached hydrogens (tertiary/aromatic N) is 1. The summed E-state index contributed by atoms with van der Waals surface area (Å²) in [5, 5.41) is 2.95. The van der Waals surface area contributed by atoms with Crippen molar-refractivity contribution in [1.29, 1.82) is 0 Å². The molecule has 1 N–H and O–H groups in total. The highest BCUT2D eigenvalue weighted by Gasteiger charge is 2.11. The number of carbonyl (C=O) groups excluding carboxylic acids is 2. The second kappa shape index (κ2) is 14.4. The van der Waals surface area contributed by atoms with Gasteiger partial charge in [0.1, 0.15) is 19.0 Å². The molecule has 3 rings (SSSR count). The Bertz CT molecular complexity index is 998. The monoisotopic (exact) mass is 472 g/mol. The average Bonchev–Trinajstić information content (AvgIpc) is 2.91. The van der Waals surface area contributed by atoms with Gasteiger partial charge in [-0.15, -0.1) is 0 Å². The van der Waals surface area contributed by atoms with Crippen molar-refractivity contribution in [3.05, 3.63) is 114 Å². The van der Waals surface area contributed by atoms with E-state index >= 15 is 0 Å². The number of hydrogen-bond donors (Lipinski definition) is 1. The van der Waals surface area contributed by atoms with Gasteiger partial charge in [0.2, 0.25) is 0 Å². The van der Waals surface area contributed by atoms with E-state index in [4.69, 9.17) is 9.47 Å². The van der Waals surface area contributed by atoms with Crippen LogP contribution < -0.4 is 5.32 Å². The van der Waals surface area contributed by atoms with Crippen LogP contribution >= 0.6 is 0 Å². The van der Waals surface area contributed by atoms with Crippen LogP contribution in [0.1, 0.15) is 32.7 Å². The predicted octanol–water partition coefficient (Wildman–Crippen LogP) is 4.65. The Morgan fingerprint density at radius 1 is 0.686 bits per heavy atom. The largest absolute Gasteiger partial charge is 0.492 e. The summed E-state index contributed by atoms with van der Waals surface area (Å²) in [6, 6.07) is 27.9. The lowest BCUT2D eigenvalue weighted by atomic mass is 10.2. The molecule has 182 valence electrons. The van der Waals surface area contributed by atoms with Crippen molar-refractivity contribution in [2.45, 2.75) is 6.42 Å². The molecule has 0 aromatic heterocycles. The molecule has 0 heterocycles. The van der Waals surface area contributed by atoms with Crippen LogP contribution in [0.15, 0.2) is 97.6 Å². The second-order valence-electron chi connectivity index (χ2n) is 7.96. The molecular weight excluding hydrogens is 440 g/mol. The van der Waals surface area contributed by atoms with Crippen LogP contribution in [0.3, 0.4) is 0 Å². The maximum Gasteiger partial charge on any atom is 0.338 e. The third-order valence-corrected chi connectivity index (χ3v) is 5.40. The van der Waals surface area contributed by atoms with E-state index in [-0.39, 0.29) is 18.5 Å². The molecule has 0 unspecified atom stereocenters. The molecule has 1 amide bonds. The number of carbonyl (C=O) groups is 2. The zero-order chi connectivity index (χ0) is 24.7. The fourth-order valence-corrected chi connectivity index (χ4v) is 3.46. The minimum atomic E-state index is -0.339. The summed E-state index contributed by atoms with van der Waals surface area (Å²) in [4.78, 5) is 26.6. The molecule has 0 spiro atoms. The minimum absolute atomic E-state index is 0.0866. The number of rotatable bonds is 14. The number of ether oxygens (including phenoxy) is 2. The first kappa shape index (κ1) is 25.7. The SMILES string of the molecule is C=C(OCCN(CCCNC(=O)c1ccccc1)CCOC(=O)c1ccccc1)c1ccccc1. The molecule has 3 aromatic rings. The van der Waals surface area contributed by atoms with E-state index in [2.05, 4.69) is 16.8 Å². The zero-order valence-corrected chi connectivity index (χ0v) is 19.9. The van der Waals surface area contributed by atoms with Crippen molar-refractivity contribution in [1.82, 2.24) is 10.2 Å². The molecule has 0 aliphatic rings. The summed E-state index contributed by atoms with van der Waals surface area (Å²) in [6.45, 7) is 7.20. The maximum absolute atomic E-state index is 12.2. The number of amides is 1. The summed E-state index contributed by atoms with van der Waals surface area (Å²) >= 11 is 0. The molecular formula is C29H32N2O4. The highest BCUT2D eigenvalue weighted by molar-refractivity contribution is 5.94. The molecule has 6 heteroatoms. The Labute approximate surface area is 207 Å². The van der Waals surface area contributed by atoms with Crippen LogP contribution in [0.25, 0.3) is 5.76 Å². The molecule has 0 aliphatic carbocycles. The van der Waals surface area contributed by atoms with Gasteiger partial charge in [0, 0.05) is 37.3 Å². The van der Waals surface area contributed by atoms with Crippen molar-refractivity contribution in [2.75, 3.05) is 39.4 Å². The average molecular weight is 473 g/mol. The summed E-state index contributed by atoms with van der Waals surface area (Å²) in [6.07, 6.45) is 0.755. The number of benzene rings is 3. The lowest BCUT2D eigenvalue weighted by molar-refractivity contribution is 0.0452. The Hall–Kier alpha value is -3.90. The number of esters is 1. The lowest BCUT2D eigenvalue weighted by Crippen LogP contribution is -2.34. The molecule has 0 atom stereocenters. The Balaban J connectivity index is 1.45. The summed E-state index contributed by atoms with van der Waals surface area (Å²) in [5.74, 6) is 0.196. The first-order chi connectivity index (χ1) is 17.1. The molecule has 0 fully saturated rings. The Kier molecular flexibility index (Phi) is 10.6. The first-order valence-electron chi connectivity index (χ1n) is 11.8. The number of hydrogen-bond acceptors (Lipinski definition) is 5. The fraction of sp³-hybridized carbons (Fsp3) is 0.241. The van der Waals surface area contributed by atoms with Crippen molar-refractivity contribution >= 4 is 17.6 Å². The molecule has 0 aliphatic heterocycles. The van der Waals surface area contributed by atoms with E-state index in [1.54, 1.807) is 24.3 Å². The van der Waals surface area contributed by atoms with E-state index in [9.17, 15) is 9.59 Å². The topological polar surface area (TPSA) is 67.9 Å². The van der Waals surface area contributed by atoms with E-state index in [0.717, 1.165) is 18.5 Å². The molecule has 0 saturated heterocycles. The summed E-state index contributed by atoms with van der Waals surface area (Å²) < 4.78 is 11.3. The smallest absolute Gasteiger partial charge is 0.338 e. The van der Waals surface area contributed by atoms with Crippen LogP contribution in [-0.2, 0) is 9.47 Å². The molecule has 0 bridgehead atoms. The van der Waals surface area contributed by atoms with Crippen molar-refractivity contribution in [2.24, 2.45) is 0 Å². The van der Waals surface area contributed by atoms with Crippen LogP contribution in [0.5, 0.6) is 0 Å². The van der Waals surface area contributed by atoms with Gasteiger partial charge in [0.25, 0.3) is 5.91 Å². The molecule has 6 nitrogen and oxygen atoms in total. The van der Waals surface area contributed by atoms with Gasteiger partial charge in [-0.3, -0.25) is 9.69 Å². The number of nitrogens with one attached hydrogen (secondary N) is 1. The minimum Gasteiger partial charge on any atom is -0.492 e. The Morgan fingerprint density at radius 2 is 1.20 bits per heavy atom. The van der Waals surface area contributed by atoms with Gasteiger partial charge >= 0.3 is 5.97 Å². The first-order valence-corrected chi connectivity index (χ1v) is 11.8. The third kappa shape index (κ3) is 9.10. The standard InChI is InChI=1S/C29H32N2O4/c1-24(25-12-5-2-6-13-25)34-22-20-31(21-23-35-29(33)27-16-9-4-10-17-27)19-11-18-30-28(32)26-14-7-3-8-15-26/h2-10,12-17H,1,11,18-23H2,(H,30,32). The Morgan fingerprint density at radius 3 is 1.80 bits per heavy atom. The van der Waals surface area contributed by atoms with Crippen molar-refractivity contribution in [3.8, 4) is 0 Å². The van der Waals surface area contributed by atoms with Gasteiger partial charge in [-0.25, -0.2) is 4.79 Å². The fourth-order valence-electron chi connectivity index (χ4n) is 3.46. The highest BCUT2D eigenvalue weighted by Crippen LogP contribution is 2.12. The van der Waals surface area contributed by atoms with Crippen molar-refractivity contribution in [3.63, 3.8) is 0 Å². The second-order valence-corrected chi connectivity index (χ2v) is 7.96. The summed E-state index contributed by atoms with van der Waals surface area (Å²) in [7, 11) is 0. The summed E-state index contributed by atoms with van der Waals surface area (Å²) in [5.41, 5.74) is 2.12. The maximum atomic E-state index is 12.2. The highest BCUT2D eigenvalue weighted by atomic mass is 16.5. The molecule has 3 aromatic carbocycles. The van der Waals surface area contributed by atoms with E-state index in [0.29, 0.717) is 43.1 Å². The predicted molar refractivity (Wildman–Crippen MR) is 138 cm³/mol. The van der Waals surface area contributed by atoms with Gasteiger partial charge in [0.05, 0.1) is 5.56 Å². The molecule has 0 radical (unpaired) electrons. The molecule has 0 saturated carbocycles. The van der Waals surface area contributed by atoms with Crippen LogP contribution in [0.4, 0.5) is 0 Å². The van der Waals surface area contributed by atoms with E-state index in [1.807, 2.05) is 66.7 Å². The van der Waals surface area contributed by atoms with Crippen LogP contribution in [0, 0.1) is 0 Å². The third-order valence-electron chi connectivity index (χ3n) is 5.40. The van der Waals surface area contributed by atoms with Gasteiger partial charge in [0.15, 0.2) is 0 Å². The van der Waals surface area contributed by atoms with Gasteiger partial charge in [-0.05, 0) is 30.7 Å². The normalized spacial score (nSPS) is 10.5. The lowest BCUT2D eigenvalue weighted by Gasteiger charge is -2.22. The van der Waals surface area contributed by atoms with Crippen molar-refractivity contribution < 1.29 is 19.1 Å².